The first kappa shape index (κ1) is 15.2. The van der Waals surface area contributed by atoms with Gasteiger partial charge in [-0.1, -0.05) is 11.6 Å². The zero-order chi connectivity index (χ0) is 12.7. The van der Waals surface area contributed by atoms with Gasteiger partial charge >= 0.3 is 0 Å². The van der Waals surface area contributed by atoms with Crippen molar-refractivity contribution in [3.05, 3.63) is 27.7 Å². The van der Waals surface area contributed by atoms with E-state index in [4.69, 9.17) is 17.3 Å². The maximum Gasteiger partial charge on any atom is 0.0549 e. The van der Waals surface area contributed by atoms with Crippen LogP contribution < -0.4 is 11.1 Å². The Bertz CT molecular complexity index is 349. The van der Waals surface area contributed by atoms with Gasteiger partial charge in [-0.2, -0.15) is 11.8 Å². The highest BCUT2D eigenvalue weighted by Crippen LogP contribution is 2.26. The minimum atomic E-state index is 0.329. The molecule has 3 N–H and O–H groups in total. The van der Waals surface area contributed by atoms with Crippen LogP contribution in [0.3, 0.4) is 0 Å². The number of anilines is 1. The molecular weight excluding hydrogens is 320 g/mol. The summed E-state index contributed by atoms with van der Waals surface area (Å²) < 4.78 is 0.907. The van der Waals surface area contributed by atoms with Gasteiger partial charge in [0.15, 0.2) is 0 Å². The molecule has 0 spiro atoms. The molecule has 0 saturated heterocycles. The summed E-state index contributed by atoms with van der Waals surface area (Å²) in [6.07, 6.45) is 4.41. The Morgan fingerprint density at radius 2 is 2.29 bits per heavy atom. The molecule has 1 aromatic carbocycles. The first-order chi connectivity index (χ1) is 8.17. The number of hydrogen-bond donors (Lipinski definition) is 2. The zero-order valence-electron chi connectivity index (χ0n) is 9.88. The van der Waals surface area contributed by atoms with E-state index >= 15 is 0 Å². The summed E-state index contributed by atoms with van der Waals surface area (Å²) in [5.41, 5.74) is 6.82. The van der Waals surface area contributed by atoms with Crippen molar-refractivity contribution in [3.63, 3.8) is 0 Å². The minimum Gasteiger partial charge on any atom is -0.381 e. The van der Waals surface area contributed by atoms with Crippen LogP contribution in [-0.2, 0) is 0 Å². The normalized spacial score (nSPS) is 12.5. The molecule has 0 aromatic heterocycles. The van der Waals surface area contributed by atoms with Gasteiger partial charge < -0.3 is 11.1 Å². The van der Waals surface area contributed by atoms with E-state index in [2.05, 4.69) is 27.5 Å². The monoisotopic (exact) mass is 336 g/mol. The van der Waals surface area contributed by atoms with Crippen molar-refractivity contribution >= 4 is 45.0 Å². The Labute approximate surface area is 121 Å². The van der Waals surface area contributed by atoms with Crippen molar-refractivity contribution in [2.24, 2.45) is 5.73 Å². The molecule has 0 heterocycles. The Morgan fingerprint density at radius 3 is 2.88 bits per heavy atom. The number of rotatable bonds is 7. The average molecular weight is 338 g/mol. The van der Waals surface area contributed by atoms with Gasteiger partial charge in [0.25, 0.3) is 0 Å². The Kier molecular flexibility index (Phi) is 7.35. The summed E-state index contributed by atoms with van der Waals surface area (Å²) in [6.45, 7) is 0.647. The molecule has 0 fully saturated rings. The highest BCUT2D eigenvalue weighted by molar-refractivity contribution is 9.10. The van der Waals surface area contributed by atoms with Crippen molar-refractivity contribution in [3.8, 4) is 0 Å². The maximum atomic E-state index is 5.95. The van der Waals surface area contributed by atoms with E-state index in [0.29, 0.717) is 12.6 Å². The van der Waals surface area contributed by atoms with E-state index in [1.165, 1.54) is 12.2 Å². The number of hydrogen-bond acceptors (Lipinski definition) is 3. The van der Waals surface area contributed by atoms with Gasteiger partial charge in [0.05, 0.1) is 5.02 Å². The lowest BCUT2D eigenvalue weighted by Gasteiger charge is -2.18. The van der Waals surface area contributed by atoms with E-state index in [1.54, 1.807) is 0 Å². The molecule has 5 heteroatoms. The van der Waals surface area contributed by atoms with E-state index in [1.807, 2.05) is 30.0 Å². The van der Waals surface area contributed by atoms with Gasteiger partial charge in [-0.25, -0.2) is 0 Å². The summed E-state index contributed by atoms with van der Waals surface area (Å²) in [4.78, 5) is 0. The van der Waals surface area contributed by atoms with Crippen LogP contribution in [0.1, 0.15) is 12.8 Å². The van der Waals surface area contributed by atoms with E-state index in [9.17, 15) is 0 Å². The molecule has 96 valence electrons. The van der Waals surface area contributed by atoms with Crippen LogP contribution in [0.4, 0.5) is 5.69 Å². The predicted molar refractivity (Wildman–Crippen MR) is 83.2 cm³/mol. The first-order valence-electron chi connectivity index (χ1n) is 5.58. The third-order valence-electron chi connectivity index (χ3n) is 2.48. The highest BCUT2D eigenvalue weighted by atomic mass is 79.9. The zero-order valence-corrected chi connectivity index (χ0v) is 13.0. The molecule has 1 atom stereocenters. The van der Waals surface area contributed by atoms with Gasteiger partial charge in [0.2, 0.25) is 0 Å². The van der Waals surface area contributed by atoms with Gasteiger partial charge in [-0.05, 0) is 59.0 Å². The fraction of sp³-hybridized carbons (Fsp3) is 0.500. The van der Waals surface area contributed by atoms with Crippen LogP contribution in [0.2, 0.25) is 5.02 Å². The highest BCUT2D eigenvalue weighted by Gasteiger charge is 2.07. The Hall–Kier alpha value is 0.1000. The standard InChI is InChI=1S/C12H18BrClN2S/c1-17-6-2-3-10(8-15)16-9-4-5-12(14)11(13)7-9/h4-5,7,10,16H,2-3,6,8,15H2,1H3. The molecule has 0 aliphatic rings. The third kappa shape index (κ3) is 5.51. The second-order valence-electron chi connectivity index (χ2n) is 3.84. The topological polar surface area (TPSA) is 38.0 Å². The fourth-order valence-corrected chi connectivity index (χ4v) is 2.50. The smallest absolute Gasteiger partial charge is 0.0549 e. The predicted octanol–water partition coefficient (Wildman–Crippen LogP) is 3.98. The molecule has 1 rings (SSSR count). The van der Waals surface area contributed by atoms with Crippen molar-refractivity contribution in [1.82, 2.24) is 0 Å². The van der Waals surface area contributed by atoms with Crippen LogP contribution >= 0.6 is 39.3 Å². The van der Waals surface area contributed by atoms with Crippen LogP contribution in [0.5, 0.6) is 0 Å². The lowest BCUT2D eigenvalue weighted by Crippen LogP contribution is -2.28. The molecule has 2 nitrogen and oxygen atoms in total. The molecule has 0 saturated carbocycles. The quantitative estimate of drug-likeness (QED) is 0.739. The molecule has 17 heavy (non-hydrogen) atoms. The number of thioether (sulfide) groups is 1. The molecule has 0 aliphatic carbocycles. The van der Waals surface area contributed by atoms with Gasteiger partial charge in [0.1, 0.15) is 0 Å². The fourth-order valence-electron chi connectivity index (χ4n) is 1.54. The maximum absolute atomic E-state index is 5.95. The Morgan fingerprint density at radius 1 is 1.53 bits per heavy atom. The molecular formula is C12H18BrClN2S. The molecule has 0 radical (unpaired) electrons. The number of nitrogens with one attached hydrogen (secondary N) is 1. The van der Waals surface area contributed by atoms with E-state index in [-0.39, 0.29) is 0 Å². The van der Waals surface area contributed by atoms with Crippen molar-refractivity contribution in [2.75, 3.05) is 23.9 Å². The molecule has 0 aliphatic heterocycles. The summed E-state index contributed by atoms with van der Waals surface area (Å²) in [7, 11) is 0. The molecule has 0 bridgehead atoms. The van der Waals surface area contributed by atoms with Gasteiger partial charge in [0, 0.05) is 22.7 Å². The summed E-state index contributed by atoms with van der Waals surface area (Å²) in [5.74, 6) is 1.18. The SMILES string of the molecule is CSCCCC(CN)Nc1ccc(Cl)c(Br)c1. The van der Waals surface area contributed by atoms with Gasteiger partial charge in [-0.3, -0.25) is 0 Å². The van der Waals surface area contributed by atoms with E-state index in [0.717, 1.165) is 21.6 Å². The average Bonchev–Trinajstić information content (AvgIpc) is 2.32. The molecule has 1 aromatic rings. The molecule has 1 unspecified atom stereocenters. The minimum absolute atomic E-state index is 0.329. The van der Waals surface area contributed by atoms with E-state index < -0.39 is 0 Å². The number of nitrogens with two attached hydrogens (primary N) is 1. The second-order valence-corrected chi connectivity index (χ2v) is 6.09. The number of halogens is 2. The first-order valence-corrected chi connectivity index (χ1v) is 8.14. The second kappa shape index (κ2) is 8.25. The summed E-state index contributed by atoms with van der Waals surface area (Å²) >= 11 is 11.2. The Balaban J connectivity index is 2.51. The lowest BCUT2D eigenvalue weighted by atomic mass is 10.1. The van der Waals surface area contributed by atoms with Crippen LogP contribution in [0.25, 0.3) is 0 Å². The summed E-state index contributed by atoms with van der Waals surface area (Å²) in [6, 6.07) is 6.17. The van der Waals surface area contributed by atoms with Crippen molar-refractivity contribution < 1.29 is 0 Å². The number of benzene rings is 1. The summed E-state index contributed by atoms with van der Waals surface area (Å²) in [5, 5.41) is 4.16. The third-order valence-corrected chi connectivity index (χ3v) is 4.39. The van der Waals surface area contributed by atoms with Crippen LogP contribution in [-0.4, -0.2) is 24.6 Å². The largest absolute Gasteiger partial charge is 0.381 e. The van der Waals surface area contributed by atoms with Crippen molar-refractivity contribution in [2.45, 2.75) is 18.9 Å². The van der Waals surface area contributed by atoms with Crippen LogP contribution in [0.15, 0.2) is 22.7 Å². The van der Waals surface area contributed by atoms with Crippen LogP contribution in [0, 0.1) is 0 Å². The van der Waals surface area contributed by atoms with Crippen molar-refractivity contribution in [1.29, 1.82) is 0 Å². The lowest BCUT2D eigenvalue weighted by molar-refractivity contribution is 0.652. The molecule has 0 amide bonds. The van der Waals surface area contributed by atoms with Gasteiger partial charge in [-0.15, -0.1) is 0 Å².